The summed E-state index contributed by atoms with van der Waals surface area (Å²) in [4.78, 5) is 0. The van der Waals surface area contributed by atoms with Crippen molar-refractivity contribution in [3.05, 3.63) is 142 Å². The molecule has 10 rings (SSSR count). The van der Waals surface area contributed by atoms with Gasteiger partial charge in [-0.05, 0) is 167 Å². The average Bonchev–Trinajstić information content (AvgIpc) is 3.87. The number of hydrogen-bond donors (Lipinski definition) is 0. The third-order valence-corrected chi connectivity index (χ3v) is 15.2. The minimum atomic E-state index is 0.412. The van der Waals surface area contributed by atoms with Gasteiger partial charge in [-0.1, -0.05) is 212 Å². The van der Waals surface area contributed by atoms with Gasteiger partial charge in [0, 0.05) is 0 Å². The highest BCUT2D eigenvalue weighted by molar-refractivity contribution is 5.38. The molecule has 0 radical (unpaired) electrons. The first-order chi connectivity index (χ1) is 28.7. The molecule has 0 amide bonds. The summed E-state index contributed by atoms with van der Waals surface area (Å²) in [5.41, 5.74) is 15.7. The lowest BCUT2D eigenvalue weighted by molar-refractivity contribution is 0.244. The Balaban J connectivity index is 0.000000140. The second kappa shape index (κ2) is 21.0. The summed E-state index contributed by atoms with van der Waals surface area (Å²) in [6.07, 6.45) is 26.1. The number of benzene rings is 4. The molecular weight excluding hydrogens is 733 g/mol. The van der Waals surface area contributed by atoms with Gasteiger partial charge in [-0.2, -0.15) is 0 Å². The number of hydrogen-bond acceptors (Lipinski definition) is 0. The minimum Gasteiger partial charge on any atom is -0.0620 e. The van der Waals surface area contributed by atoms with Crippen molar-refractivity contribution in [3.8, 4) is 0 Å². The molecule has 6 aliphatic rings. The maximum atomic E-state index is 2.38. The van der Waals surface area contributed by atoms with E-state index in [9.17, 15) is 0 Å². The normalized spacial score (nSPS) is 22.0. The Morgan fingerprint density at radius 3 is 1.02 bits per heavy atom. The topological polar surface area (TPSA) is 0 Å². The fourth-order valence-corrected chi connectivity index (χ4v) is 11.1. The van der Waals surface area contributed by atoms with E-state index in [1.54, 1.807) is 44.5 Å². The first-order valence-electron chi connectivity index (χ1n) is 25.0. The summed E-state index contributed by atoms with van der Waals surface area (Å²) in [5, 5.41) is 0. The average molecular weight is 823 g/mol. The summed E-state index contributed by atoms with van der Waals surface area (Å²) in [7, 11) is 0. The maximum absolute atomic E-state index is 2.38. The van der Waals surface area contributed by atoms with Crippen molar-refractivity contribution in [2.45, 2.75) is 216 Å². The molecule has 0 aromatic heterocycles. The van der Waals surface area contributed by atoms with Gasteiger partial charge in [0.1, 0.15) is 0 Å². The van der Waals surface area contributed by atoms with Crippen LogP contribution in [0.1, 0.15) is 211 Å². The third kappa shape index (κ3) is 15.3. The van der Waals surface area contributed by atoms with E-state index >= 15 is 0 Å². The van der Waals surface area contributed by atoms with Crippen LogP contribution in [0.25, 0.3) is 0 Å². The fourth-order valence-electron chi connectivity index (χ4n) is 11.1. The first kappa shape index (κ1) is 48.9. The first-order valence-corrected chi connectivity index (χ1v) is 25.0. The molecule has 0 bridgehead atoms. The van der Waals surface area contributed by atoms with Crippen molar-refractivity contribution in [2.75, 3.05) is 0 Å². The predicted octanol–water partition coefficient (Wildman–Crippen LogP) is 17.8. The standard InChI is InChI=1S/2C12H16.2C11H14.C8H16.C7H14/c1-12(2)9-5-7-10-6-3-4-8-11(10)12;1-12(2)8-7-10-5-3-4-6-11(10)9-12;1-11(2)7-9-5-3-4-6-10(9)8-11;1-11(2)8-7-9-5-3-4-6-10(9)11;1-8(2)6-4-3-5-7-8;1-7(2)5-3-4-6-7/h3-4,6,8H,5,7,9H2,1-2H3;3-6H,7-9H2,1-2H3;2*3-6H,7-8H2,1-2H3;3-7H2,1-2H3;3-6H2,1-2H3. The minimum absolute atomic E-state index is 0.412. The van der Waals surface area contributed by atoms with E-state index in [1.165, 1.54) is 122 Å². The van der Waals surface area contributed by atoms with Crippen LogP contribution >= 0.6 is 0 Å². The second-order valence-corrected chi connectivity index (χ2v) is 24.4. The zero-order chi connectivity index (χ0) is 44.4. The van der Waals surface area contributed by atoms with Crippen molar-refractivity contribution in [1.82, 2.24) is 0 Å². The van der Waals surface area contributed by atoms with Gasteiger partial charge in [-0.3, -0.25) is 0 Å². The SMILES string of the molecule is CC1(C)CCCC1.CC1(C)CCCCC1.CC1(C)CCCc2ccccc21.CC1(C)CCc2ccccc21.CC1(C)CCc2ccccc2C1.CC1(C)Cc2ccccc2C1. The molecule has 6 aliphatic carbocycles. The van der Waals surface area contributed by atoms with Gasteiger partial charge in [0.15, 0.2) is 0 Å². The van der Waals surface area contributed by atoms with Gasteiger partial charge in [0.05, 0.1) is 0 Å². The van der Waals surface area contributed by atoms with Crippen LogP contribution in [0, 0.1) is 21.7 Å². The summed E-state index contributed by atoms with van der Waals surface area (Å²) in [6, 6.07) is 35.3. The molecule has 61 heavy (non-hydrogen) atoms. The Morgan fingerprint density at radius 1 is 0.262 bits per heavy atom. The number of rotatable bonds is 0. The molecule has 2 saturated carbocycles. The van der Waals surface area contributed by atoms with Gasteiger partial charge in [0.25, 0.3) is 0 Å². The Kier molecular flexibility index (Phi) is 16.9. The van der Waals surface area contributed by atoms with Crippen molar-refractivity contribution >= 4 is 0 Å². The second-order valence-electron chi connectivity index (χ2n) is 24.4. The van der Waals surface area contributed by atoms with E-state index in [0.29, 0.717) is 32.5 Å². The molecule has 0 unspecified atom stereocenters. The number of aryl methyl sites for hydroxylation is 3. The molecule has 4 aromatic carbocycles. The Labute approximate surface area is 377 Å². The van der Waals surface area contributed by atoms with Crippen molar-refractivity contribution < 1.29 is 0 Å². The van der Waals surface area contributed by atoms with Gasteiger partial charge < -0.3 is 0 Å². The van der Waals surface area contributed by atoms with Crippen LogP contribution in [0.5, 0.6) is 0 Å². The largest absolute Gasteiger partial charge is 0.0620 e. The van der Waals surface area contributed by atoms with Gasteiger partial charge in [-0.25, -0.2) is 0 Å². The molecule has 0 heteroatoms. The number of fused-ring (bicyclic) bond motifs is 4. The van der Waals surface area contributed by atoms with E-state index in [1.807, 2.05) is 0 Å². The highest BCUT2D eigenvalue weighted by Crippen LogP contribution is 2.40. The van der Waals surface area contributed by atoms with E-state index in [4.69, 9.17) is 0 Å². The van der Waals surface area contributed by atoms with E-state index in [-0.39, 0.29) is 0 Å². The highest BCUT2D eigenvalue weighted by atomic mass is 14.3. The van der Waals surface area contributed by atoms with Crippen LogP contribution in [-0.4, -0.2) is 0 Å². The molecule has 0 atom stereocenters. The van der Waals surface area contributed by atoms with Crippen molar-refractivity contribution in [3.63, 3.8) is 0 Å². The Hall–Kier alpha value is -3.12. The summed E-state index contributed by atoms with van der Waals surface area (Å²) >= 11 is 0. The van der Waals surface area contributed by atoms with Gasteiger partial charge in [-0.15, -0.1) is 0 Å². The molecule has 0 saturated heterocycles. The zero-order valence-corrected chi connectivity index (χ0v) is 41.7. The van der Waals surface area contributed by atoms with Crippen LogP contribution in [0.4, 0.5) is 0 Å². The van der Waals surface area contributed by atoms with Gasteiger partial charge in [0.2, 0.25) is 0 Å². The highest BCUT2D eigenvalue weighted by Gasteiger charge is 2.30. The van der Waals surface area contributed by atoms with Crippen LogP contribution < -0.4 is 0 Å². The van der Waals surface area contributed by atoms with Gasteiger partial charge >= 0.3 is 0 Å². The van der Waals surface area contributed by atoms with Crippen LogP contribution in [-0.2, 0) is 49.4 Å². The Morgan fingerprint density at radius 2 is 0.607 bits per heavy atom. The molecule has 0 heterocycles. The molecule has 334 valence electrons. The quantitative estimate of drug-likeness (QED) is 0.166. The summed E-state index contributed by atoms with van der Waals surface area (Å²) < 4.78 is 0. The fraction of sp³-hybridized carbons (Fsp3) is 0.607. The van der Waals surface area contributed by atoms with Crippen LogP contribution in [0.3, 0.4) is 0 Å². The summed E-state index contributed by atoms with van der Waals surface area (Å²) in [6.45, 7) is 28.3. The van der Waals surface area contributed by atoms with Crippen LogP contribution in [0.2, 0.25) is 0 Å². The zero-order valence-electron chi connectivity index (χ0n) is 41.7. The van der Waals surface area contributed by atoms with Crippen molar-refractivity contribution in [2.24, 2.45) is 21.7 Å². The molecule has 0 spiro atoms. The Bertz CT molecular complexity index is 1900. The smallest absolute Gasteiger partial charge is 0.00977 e. The van der Waals surface area contributed by atoms with E-state index < -0.39 is 0 Å². The summed E-state index contributed by atoms with van der Waals surface area (Å²) in [5.74, 6) is 0. The van der Waals surface area contributed by atoms with Crippen LogP contribution in [0.15, 0.2) is 97.1 Å². The molecule has 0 aliphatic heterocycles. The molecular formula is C61H90. The lowest BCUT2D eigenvalue weighted by Gasteiger charge is -2.32. The monoisotopic (exact) mass is 823 g/mol. The molecule has 0 nitrogen and oxygen atoms in total. The molecule has 0 N–H and O–H groups in total. The lowest BCUT2D eigenvalue weighted by atomic mass is 9.73. The molecule has 4 aromatic rings. The predicted molar refractivity (Wildman–Crippen MR) is 269 cm³/mol. The third-order valence-electron chi connectivity index (χ3n) is 15.2. The lowest BCUT2D eigenvalue weighted by Crippen LogP contribution is -2.23. The maximum Gasteiger partial charge on any atom is -0.00977 e. The van der Waals surface area contributed by atoms with E-state index in [2.05, 4.69) is 180 Å². The van der Waals surface area contributed by atoms with E-state index in [0.717, 1.165) is 0 Å². The van der Waals surface area contributed by atoms with Crippen molar-refractivity contribution in [1.29, 1.82) is 0 Å². The molecule has 2 fully saturated rings.